The third kappa shape index (κ3) is 20.2. The van der Waals surface area contributed by atoms with Crippen molar-refractivity contribution in [2.24, 2.45) is 17.8 Å². The van der Waals surface area contributed by atoms with Gasteiger partial charge in [0.05, 0.1) is 49.9 Å². The van der Waals surface area contributed by atoms with Gasteiger partial charge in [0.1, 0.15) is 6.61 Å². The monoisotopic (exact) mass is 860 g/mol. The van der Waals surface area contributed by atoms with Crippen LogP contribution in [0.1, 0.15) is 180 Å². The first kappa shape index (κ1) is 53.2. The number of aliphatic carboxylic acids is 1. The van der Waals surface area contributed by atoms with Crippen LogP contribution in [0.3, 0.4) is 0 Å². The molecule has 0 radical (unpaired) electrons. The molecule has 0 amide bonds. The van der Waals surface area contributed by atoms with Crippen LogP contribution in [-0.2, 0) is 30.3 Å². The smallest absolute Gasteiger partial charge is 0.309 e. The Bertz CT molecular complexity index is 1520. The molecule has 61 heavy (non-hydrogen) atoms. The summed E-state index contributed by atoms with van der Waals surface area (Å²) in [6, 6.07) is 5.26. The Kier molecular flexibility index (Phi) is 27.8. The van der Waals surface area contributed by atoms with Crippen LogP contribution in [0.4, 0.5) is 0 Å². The Hall–Kier alpha value is -3.93. The molecule has 0 aliphatic carbocycles. The average Bonchev–Trinajstić information content (AvgIpc) is 3.45. The number of benzene rings is 1. The normalized spacial score (nSPS) is 12.8. The summed E-state index contributed by atoms with van der Waals surface area (Å²) in [5.41, 5.74) is 0.998. The molecular formula is C49H81NO11. The summed E-state index contributed by atoms with van der Waals surface area (Å²) in [5.74, 6) is -4.82. The molecule has 2 rings (SSSR count). The van der Waals surface area contributed by atoms with Crippen LogP contribution in [0.15, 0.2) is 18.2 Å². The third-order valence-corrected chi connectivity index (χ3v) is 11.5. The standard InChI is InChI=1S/C49H81NO11/c1-6-9-11-13-15-17-19-21-23-25-30-59-43-28-27-41(36-44(43)60-31-26-24-22-20-18-16-14-12-10-7-2)50-45(52)38(5)42(46(50)53)35-40(49(57)61-32-29-51)34-39(48(56)58-8-3)33-37(4)47(54)55/h27-28,36-37,39-40,51-53H,6-26,29-35H2,1-5H3,(H,54,55). The Morgan fingerprint density at radius 2 is 1.11 bits per heavy atom. The predicted molar refractivity (Wildman–Crippen MR) is 240 cm³/mol. The molecule has 0 aliphatic heterocycles. The van der Waals surface area contributed by atoms with E-state index in [0.717, 1.165) is 32.1 Å². The minimum atomic E-state index is -1.09. The summed E-state index contributed by atoms with van der Waals surface area (Å²) < 4.78 is 24.4. The predicted octanol–water partition coefficient (Wildman–Crippen LogP) is 11.2. The van der Waals surface area contributed by atoms with E-state index in [1.165, 1.54) is 108 Å². The number of hydrogen-bond donors (Lipinski definition) is 4. The lowest BCUT2D eigenvalue weighted by Gasteiger charge is -2.23. The first-order valence-corrected chi connectivity index (χ1v) is 23.7. The number of carboxylic acids is 1. The summed E-state index contributed by atoms with van der Waals surface area (Å²) in [7, 11) is 0. The van der Waals surface area contributed by atoms with Gasteiger partial charge >= 0.3 is 17.9 Å². The number of aromatic nitrogens is 1. The fraction of sp³-hybridized carbons (Fsp3) is 0.735. The van der Waals surface area contributed by atoms with E-state index in [4.69, 9.17) is 18.9 Å². The SMILES string of the molecule is CCCCCCCCCCCCOc1ccc(-n2c(O)c(C)c(CC(CC(CC(C)C(=O)O)C(=O)OCC)C(=O)OCCO)c2O)cc1OCCCCCCCCCCCC. The molecular weight excluding hydrogens is 779 g/mol. The molecule has 4 N–H and O–H groups in total. The molecule has 12 nitrogen and oxygen atoms in total. The highest BCUT2D eigenvalue weighted by Crippen LogP contribution is 2.41. The average molecular weight is 860 g/mol. The third-order valence-electron chi connectivity index (χ3n) is 11.5. The first-order chi connectivity index (χ1) is 29.5. The van der Waals surface area contributed by atoms with E-state index in [9.17, 15) is 34.8 Å². The summed E-state index contributed by atoms with van der Waals surface area (Å²) in [6.45, 7) is 9.62. The molecule has 0 bridgehead atoms. The van der Waals surface area contributed by atoms with E-state index in [0.29, 0.717) is 36.0 Å². The second kappa shape index (κ2) is 31.8. The zero-order valence-electron chi connectivity index (χ0n) is 38.4. The molecule has 3 unspecified atom stereocenters. The highest BCUT2D eigenvalue weighted by Gasteiger charge is 2.34. The fourth-order valence-electron chi connectivity index (χ4n) is 7.80. The van der Waals surface area contributed by atoms with Crippen molar-refractivity contribution in [1.29, 1.82) is 0 Å². The molecule has 1 aromatic heterocycles. The summed E-state index contributed by atoms with van der Waals surface area (Å²) in [4.78, 5) is 38.1. The summed E-state index contributed by atoms with van der Waals surface area (Å²) in [5, 5.41) is 42.1. The van der Waals surface area contributed by atoms with Gasteiger partial charge in [-0.2, -0.15) is 0 Å². The van der Waals surface area contributed by atoms with E-state index >= 15 is 0 Å². The van der Waals surface area contributed by atoms with Crippen LogP contribution < -0.4 is 9.47 Å². The maximum atomic E-state index is 13.4. The number of carboxylic acid groups (broad SMARTS) is 1. The zero-order chi connectivity index (χ0) is 44.8. The summed E-state index contributed by atoms with van der Waals surface area (Å²) >= 11 is 0. The van der Waals surface area contributed by atoms with Crippen LogP contribution in [0.5, 0.6) is 23.3 Å². The molecule has 1 aromatic carbocycles. The van der Waals surface area contributed by atoms with Crippen molar-refractivity contribution >= 4 is 17.9 Å². The van der Waals surface area contributed by atoms with Crippen molar-refractivity contribution in [3.8, 4) is 28.9 Å². The number of nitrogens with zero attached hydrogens (tertiary/aromatic N) is 1. The van der Waals surface area contributed by atoms with Gasteiger partial charge in [-0.25, -0.2) is 0 Å². The molecule has 348 valence electrons. The van der Waals surface area contributed by atoms with Crippen molar-refractivity contribution in [3.63, 3.8) is 0 Å². The number of rotatable bonds is 37. The van der Waals surface area contributed by atoms with Gasteiger partial charge in [-0.1, -0.05) is 136 Å². The second-order valence-electron chi connectivity index (χ2n) is 16.7. The number of ether oxygens (including phenoxy) is 4. The maximum absolute atomic E-state index is 13.4. The Morgan fingerprint density at radius 3 is 1.61 bits per heavy atom. The molecule has 3 atom stereocenters. The molecule has 0 fully saturated rings. The number of carbonyl (C=O) groups is 3. The molecule has 1 heterocycles. The number of aliphatic hydroxyl groups excluding tert-OH is 1. The van der Waals surface area contributed by atoms with Gasteiger partial charge in [-0.15, -0.1) is 0 Å². The minimum absolute atomic E-state index is 0.0706. The molecule has 0 saturated heterocycles. The molecule has 2 aromatic rings. The summed E-state index contributed by atoms with van der Waals surface area (Å²) in [6.07, 6.45) is 23.9. The van der Waals surface area contributed by atoms with Crippen molar-refractivity contribution in [2.75, 3.05) is 33.0 Å². The number of aliphatic hydroxyl groups is 1. The van der Waals surface area contributed by atoms with Gasteiger partial charge < -0.3 is 39.4 Å². The van der Waals surface area contributed by atoms with E-state index in [1.54, 1.807) is 32.0 Å². The first-order valence-electron chi connectivity index (χ1n) is 23.7. The van der Waals surface area contributed by atoms with Crippen LogP contribution in [0.2, 0.25) is 0 Å². The van der Waals surface area contributed by atoms with Gasteiger partial charge in [-0.3, -0.25) is 19.0 Å². The molecule has 0 saturated carbocycles. The second-order valence-corrected chi connectivity index (χ2v) is 16.7. The van der Waals surface area contributed by atoms with Gasteiger partial charge in [0.2, 0.25) is 11.8 Å². The maximum Gasteiger partial charge on any atom is 0.309 e. The zero-order valence-corrected chi connectivity index (χ0v) is 38.4. The highest BCUT2D eigenvalue weighted by atomic mass is 16.5. The quantitative estimate of drug-likeness (QED) is 0.0376. The molecule has 0 spiro atoms. The lowest BCUT2D eigenvalue weighted by molar-refractivity contribution is -0.154. The van der Waals surface area contributed by atoms with Gasteiger partial charge in [0.25, 0.3) is 0 Å². The van der Waals surface area contributed by atoms with E-state index < -0.39 is 42.3 Å². The molecule has 0 aliphatic rings. The lowest BCUT2D eigenvalue weighted by Crippen LogP contribution is -2.30. The van der Waals surface area contributed by atoms with Crippen molar-refractivity contribution in [1.82, 2.24) is 4.57 Å². The van der Waals surface area contributed by atoms with Crippen LogP contribution in [0, 0.1) is 24.7 Å². The van der Waals surface area contributed by atoms with Crippen molar-refractivity contribution in [3.05, 3.63) is 29.3 Å². The number of unbranched alkanes of at least 4 members (excludes halogenated alkanes) is 18. The number of carbonyl (C=O) groups excluding carboxylic acids is 2. The van der Waals surface area contributed by atoms with E-state index in [-0.39, 0.29) is 49.8 Å². The lowest BCUT2D eigenvalue weighted by atomic mass is 9.84. The molecule has 12 heteroatoms. The van der Waals surface area contributed by atoms with Crippen LogP contribution >= 0.6 is 0 Å². The Labute approximate surface area is 366 Å². The van der Waals surface area contributed by atoms with Crippen molar-refractivity contribution < 1.29 is 53.8 Å². The van der Waals surface area contributed by atoms with Gasteiger partial charge in [0, 0.05) is 17.2 Å². The number of hydrogen-bond acceptors (Lipinski definition) is 10. The van der Waals surface area contributed by atoms with Crippen molar-refractivity contribution in [2.45, 2.75) is 182 Å². The number of aromatic hydroxyl groups is 2. The van der Waals surface area contributed by atoms with E-state index in [1.807, 2.05) is 0 Å². The van der Waals surface area contributed by atoms with E-state index in [2.05, 4.69) is 13.8 Å². The Balaban J connectivity index is 2.29. The largest absolute Gasteiger partial charge is 0.494 e. The minimum Gasteiger partial charge on any atom is -0.494 e. The van der Waals surface area contributed by atoms with Crippen LogP contribution in [-0.4, -0.2) is 75.9 Å². The number of esters is 2. The highest BCUT2D eigenvalue weighted by molar-refractivity contribution is 5.77. The van der Waals surface area contributed by atoms with Gasteiger partial charge in [-0.05, 0) is 58.1 Å². The van der Waals surface area contributed by atoms with Gasteiger partial charge in [0.15, 0.2) is 11.5 Å². The fourth-order valence-corrected chi connectivity index (χ4v) is 7.80. The topological polar surface area (TPSA) is 174 Å². The van der Waals surface area contributed by atoms with Crippen LogP contribution in [0.25, 0.3) is 5.69 Å². The Morgan fingerprint density at radius 1 is 0.623 bits per heavy atom.